The largest absolute Gasteiger partial charge is 0.393 e. The van der Waals surface area contributed by atoms with Gasteiger partial charge in [-0.3, -0.25) is 4.90 Å². The highest BCUT2D eigenvalue weighted by atomic mass is 16.3. The fourth-order valence-corrected chi connectivity index (χ4v) is 2.95. The minimum absolute atomic E-state index is 0.0376. The Balaban J connectivity index is 1.92. The van der Waals surface area contributed by atoms with Crippen LogP contribution in [0.2, 0.25) is 0 Å². The lowest BCUT2D eigenvalue weighted by molar-refractivity contribution is 0.0865. The molecule has 0 aromatic carbocycles. The zero-order valence-corrected chi connectivity index (χ0v) is 9.02. The summed E-state index contributed by atoms with van der Waals surface area (Å²) in [5, 5.41) is 9.60. The standard InChI is InChI=1S/C11H22N2O/c1-8(5-12)13-6-9-2-3-11(14)4-10(9)7-13/h8-11,14H,2-7,12H2,1H3. The Kier molecular flexibility index (Phi) is 3.10. The fraction of sp³-hybridized carbons (Fsp3) is 1.00. The van der Waals surface area contributed by atoms with Crippen LogP contribution in [0.4, 0.5) is 0 Å². The number of hydrogen-bond donors (Lipinski definition) is 2. The molecule has 0 bridgehead atoms. The number of nitrogens with two attached hydrogens (primary N) is 1. The molecule has 4 unspecified atom stereocenters. The van der Waals surface area contributed by atoms with Gasteiger partial charge in [-0.15, -0.1) is 0 Å². The van der Waals surface area contributed by atoms with E-state index < -0.39 is 0 Å². The second kappa shape index (κ2) is 4.17. The third-order valence-electron chi connectivity index (χ3n) is 4.01. The summed E-state index contributed by atoms with van der Waals surface area (Å²) in [5.74, 6) is 1.56. The molecule has 1 aliphatic carbocycles. The van der Waals surface area contributed by atoms with Crippen LogP contribution in [0.5, 0.6) is 0 Å². The molecule has 1 saturated carbocycles. The van der Waals surface area contributed by atoms with Gasteiger partial charge in [0.15, 0.2) is 0 Å². The normalized spacial score (nSPS) is 40.9. The minimum atomic E-state index is -0.0376. The lowest BCUT2D eigenvalue weighted by Gasteiger charge is -2.27. The molecule has 3 N–H and O–H groups in total. The first-order chi connectivity index (χ1) is 6.70. The third kappa shape index (κ3) is 1.95. The monoisotopic (exact) mass is 198 g/mol. The molecule has 4 atom stereocenters. The van der Waals surface area contributed by atoms with E-state index in [4.69, 9.17) is 5.73 Å². The number of hydrogen-bond acceptors (Lipinski definition) is 3. The van der Waals surface area contributed by atoms with Crippen molar-refractivity contribution in [2.45, 2.75) is 38.3 Å². The quantitative estimate of drug-likeness (QED) is 0.676. The Morgan fingerprint density at radius 1 is 1.36 bits per heavy atom. The first-order valence-electron chi connectivity index (χ1n) is 5.83. The van der Waals surface area contributed by atoms with Crippen molar-refractivity contribution < 1.29 is 5.11 Å². The second-order valence-electron chi connectivity index (χ2n) is 5.03. The number of fused-ring (bicyclic) bond motifs is 1. The molecule has 3 heteroatoms. The summed E-state index contributed by atoms with van der Waals surface area (Å²) in [5.41, 5.74) is 5.68. The van der Waals surface area contributed by atoms with Crippen LogP contribution in [0.25, 0.3) is 0 Å². The summed E-state index contributed by atoms with van der Waals surface area (Å²) in [6.07, 6.45) is 3.19. The molecule has 14 heavy (non-hydrogen) atoms. The van der Waals surface area contributed by atoms with Crippen molar-refractivity contribution in [3.8, 4) is 0 Å². The smallest absolute Gasteiger partial charge is 0.0543 e. The maximum absolute atomic E-state index is 9.60. The zero-order chi connectivity index (χ0) is 10.1. The predicted molar refractivity (Wildman–Crippen MR) is 56.9 cm³/mol. The van der Waals surface area contributed by atoms with Crippen LogP contribution in [0.3, 0.4) is 0 Å². The summed E-state index contributed by atoms with van der Waals surface area (Å²) < 4.78 is 0. The summed E-state index contributed by atoms with van der Waals surface area (Å²) >= 11 is 0. The van der Waals surface area contributed by atoms with Crippen LogP contribution in [0.1, 0.15) is 26.2 Å². The van der Waals surface area contributed by atoms with E-state index in [0.29, 0.717) is 6.04 Å². The van der Waals surface area contributed by atoms with Gasteiger partial charge in [0.2, 0.25) is 0 Å². The van der Waals surface area contributed by atoms with Gasteiger partial charge < -0.3 is 10.8 Å². The van der Waals surface area contributed by atoms with Crippen molar-refractivity contribution in [2.24, 2.45) is 17.6 Å². The lowest BCUT2D eigenvalue weighted by atomic mass is 9.80. The van der Waals surface area contributed by atoms with E-state index in [0.717, 1.165) is 37.8 Å². The van der Waals surface area contributed by atoms with E-state index in [1.807, 2.05) is 0 Å². The van der Waals surface area contributed by atoms with Gasteiger partial charge in [0.1, 0.15) is 0 Å². The van der Waals surface area contributed by atoms with Crippen molar-refractivity contribution in [3.05, 3.63) is 0 Å². The average molecular weight is 198 g/mol. The summed E-state index contributed by atoms with van der Waals surface area (Å²) in [7, 11) is 0. The SMILES string of the molecule is CC(CN)N1CC2CCC(O)CC2C1. The van der Waals surface area contributed by atoms with E-state index in [1.165, 1.54) is 13.0 Å². The molecule has 1 saturated heterocycles. The molecule has 0 aromatic rings. The molecular formula is C11H22N2O. The van der Waals surface area contributed by atoms with Crippen LogP contribution in [-0.4, -0.2) is 41.8 Å². The predicted octanol–water partition coefficient (Wildman–Crippen LogP) is 0.426. The maximum atomic E-state index is 9.60. The molecule has 0 radical (unpaired) electrons. The first kappa shape index (κ1) is 10.4. The Bertz CT molecular complexity index is 198. The van der Waals surface area contributed by atoms with Crippen molar-refractivity contribution >= 4 is 0 Å². The number of aliphatic hydroxyl groups excluding tert-OH is 1. The Labute approximate surface area is 86.3 Å². The van der Waals surface area contributed by atoms with Crippen LogP contribution in [0, 0.1) is 11.8 Å². The molecule has 0 amide bonds. The van der Waals surface area contributed by atoms with E-state index in [1.54, 1.807) is 0 Å². The molecule has 0 aromatic heterocycles. The molecule has 2 aliphatic rings. The van der Waals surface area contributed by atoms with Gasteiger partial charge in [0, 0.05) is 25.7 Å². The van der Waals surface area contributed by atoms with Crippen molar-refractivity contribution in [2.75, 3.05) is 19.6 Å². The van der Waals surface area contributed by atoms with Gasteiger partial charge in [-0.1, -0.05) is 0 Å². The van der Waals surface area contributed by atoms with Gasteiger partial charge in [-0.05, 0) is 38.0 Å². The molecule has 2 rings (SSSR count). The van der Waals surface area contributed by atoms with Crippen LogP contribution >= 0.6 is 0 Å². The van der Waals surface area contributed by atoms with Gasteiger partial charge in [0.05, 0.1) is 6.10 Å². The molecule has 1 aliphatic heterocycles. The van der Waals surface area contributed by atoms with Gasteiger partial charge in [-0.2, -0.15) is 0 Å². The Morgan fingerprint density at radius 2 is 2.07 bits per heavy atom. The third-order valence-corrected chi connectivity index (χ3v) is 4.01. The molecular weight excluding hydrogens is 176 g/mol. The van der Waals surface area contributed by atoms with Gasteiger partial charge >= 0.3 is 0 Å². The molecule has 2 fully saturated rings. The van der Waals surface area contributed by atoms with Crippen molar-refractivity contribution in [1.82, 2.24) is 4.90 Å². The van der Waals surface area contributed by atoms with Gasteiger partial charge in [0.25, 0.3) is 0 Å². The number of aliphatic hydroxyl groups is 1. The molecule has 0 spiro atoms. The second-order valence-corrected chi connectivity index (χ2v) is 5.03. The fourth-order valence-electron chi connectivity index (χ4n) is 2.95. The van der Waals surface area contributed by atoms with Crippen molar-refractivity contribution in [1.29, 1.82) is 0 Å². The van der Waals surface area contributed by atoms with E-state index in [2.05, 4.69) is 11.8 Å². The average Bonchev–Trinajstić information content (AvgIpc) is 2.59. The molecule has 3 nitrogen and oxygen atoms in total. The summed E-state index contributed by atoms with van der Waals surface area (Å²) in [6, 6.07) is 0.512. The van der Waals surface area contributed by atoms with Crippen LogP contribution in [0.15, 0.2) is 0 Å². The highest BCUT2D eigenvalue weighted by molar-refractivity contribution is 4.91. The highest BCUT2D eigenvalue weighted by Crippen LogP contribution is 2.36. The summed E-state index contributed by atoms with van der Waals surface area (Å²) in [4.78, 5) is 2.49. The van der Waals surface area contributed by atoms with Gasteiger partial charge in [-0.25, -0.2) is 0 Å². The van der Waals surface area contributed by atoms with E-state index in [-0.39, 0.29) is 6.10 Å². The number of nitrogens with zero attached hydrogens (tertiary/aromatic N) is 1. The lowest BCUT2D eigenvalue weighted by Crippen LogP contribution is -2.36. The minimum Gasteiger partial charge on any atom is -0.393 e. The molecule has 1 heterocycles. The Morgan fingerprint density at radius 3 is 2.79 bits per heavy atom. The summed E-state index contributed by atoms with van der Waals surface area (Å²) in [6.45, 7) is 5.31. The number of likely N-dealkylation sites (tertiary alicyclic amines) is 1. The van der Waals surface area contributed by atoms with E-state index >= 15 is 0 Å². The van der Waals surface area contributed by atoms with Crippen LogP contribution < -0.4 is 5.73 Å². The Hall–Kier alpha value is -0.120. The molecule has 82 valence electrons. The van der Waals surface area contributed by atoms with E-state index in [9.17, 15) is 5.11 Å². The zero-order valence-electron chi connectivity index (χ0n) is 9.02. The van der Waals surface area contributed by atoms with Crippen LogP contribution in [-0.2, 0) is 0 Å². The maximum Gasteiger partial charge on any atom is 0.0543 e. The van der Waals surface area contributed by atoms with Crippen molar-refractivity contribution in [3.63, 3.8) is 0 Å². The topological polar surface area (TPSA) is 49.5 Å². The first-order valence-corrected chi connectivity index (χ1v) is 5.83. The number of rotatable bonds is 2. The highest BCUT2D eigenvalue weighted by Gasteiger charge is 2.38.